The summed E-state index contributed by atoms with van der Waals surface area (Å²) in [6, 6.07) is 21.8. The van der Waals surface area contributed by atoms with Gasteiger partial charge in [-0.25, -0.2) is 4.90 Å². The van der Waals surface area contributed by atoms with Crippen LogP contribution in [0.5, 0.6) is 0 Å². The number of benzene rings is 7. The Kier molecular flexibility index (Phi) is 8.39. The van der Waals surface area contributed by atoms with Crippen molar-refractivity contribution in [2.75, 3.05) is 4.90 Å². The van der Waals surface area contributed by atoms with E-state index in [1.54, 1.807) is 6.07 Å². The van der Waals surface area contributed by atoms with Gasteiger partial charge in [0.2, 0.25) is 0 Å². The first-order valence-electron chi connectivity index (χ1n) is 19.3. The van der Waals surface area contributed by atoms with E-state index in [2.05, 4.69) is 111 Å². The number of amides is 4. The number of nitrogens with zero attached hydrogens (tertiary/aromatic N) is 1. The van der Waals surface area contributed by atoms with Crippen LogP contribution in [0.2, 0.25) is 0 Å². The van der Waals surface area contributed by atoms with E-state index < -0.39 is 11.8 Å². The van der Waals surface area contributed by atoms with E-state index in [0.717, 1.165) is 74.6 Å². The quantitative estimate of drug-likeness (QED) is 0.103. The molecule has 9 rings (SSSR count). The first-order valence-corrected chi connectivity index (χ1v) is 20.8. The Labute approximate surface area is 342 Å². The highest BCUT2D eigenvalue weighted by Crippen LogP contribution is 2.51. The van der Waals surface area contributed by atoms with Gasteiger partial charge in [-0.1, -0.05) is 105 Å². The van der Waals surface area contributed by atoms with E-state index in [9.17, 15) is 19.2 Å². The molecule has 0 saturated carbocycles. The van der Waals surface area contributed by atoms with Gasteiger partial charge in [0.05, 0.1) is 11.3 Å². The molecule has 0 radical (unpaired) electrons. The zero-order valence-electron chi connectivity index (χ0n) is 32.5. The summed E-state index contributed by atoms with van der Waals surface area (Å²) in [5.41, 5.74) is 8.29. The number of nitrogens with one attached hydrogen (secondary N) is 1. The number of rotatable bonds is 6. The normalized spacial score (nSPS) is 14.4. The summed E-state index contributed by atoms with van der Waals surface area (Å²) >= 11 is 7.43. The van der Waals surface area contributed by atoms with Crippen molar-refractivity contribution in [3.05, 3.63) is 120 Å². The number of carbonyl (C=O) groups is 4. The molecule has 0 unspecified atom stereocenters. The molecule has 0 aliphatic carbocycles. The van der Waals surface area contributed by atoms with Gasteiger partial charge in [-0.3, -0.25) is 24.5 Å². The molecular weight excluding hydrogens is 828 g/mol. The molecule has 2 heterocycles. The van der Waals surface area contributed by atoms with Crippen molar-refractivity contribution in [3.63, 3.8) is 0 Å². The van der Waals surface area contributed by atoms with Gasteiger partial charge in [0.1, 0.15) is 0 Å². The summed E-state index contributed by atoms with van der Waals surface area (Å²) in [4.78, 5) is 58.9. The van der Waals surface area contributed by atoms with Gasteiger partial charge >= 0.3 is 0 Å². The van der Waals surface area contributed by atoms with Crippen molar-refractivity contribution in [1.29, 1.82) is 0 Å². The van der Waals surface area contributed by atoms with Crippen molar-refractivity contribution >= 4 is 104 Å². The molecule has 4 amide bonds. The van der Waals surface area contributed by atoms with Crippen LogP contribution >= 0.6 is 31.9 Å². The fraction of sp³-hybridized carbons (Fsp3) is 0.250. The number of hydrogen-bond acceptors (Lipinski definition) is 4. The molecule has 2 aliphatic rings. The monoisotopic (exact) mass is 866 g/mol. The molecule has 0 spiro atoms. The standard InChI is InChI=1S/C48H40Br2N2O4/c1-20(2)32-15-24(49)16-33(21(3)4)38(32)37-19-36-28-11-14-31-41-30(47(55)52(48(31)56)44-34(22(5)6)17-25(50)18-35(44)23(7)8)13-10-26(39(28)41)27-9-12-29-42(40(27)36)43(37)46(54)51-45(29)53/h9-23H,1-8H3,(H,51,53,54). The minimum Gasteiger partial charge on any atom is -0.288 e. The average molecular weight is 869 g/mol. The third-order valence-corrected chi connectivity index (χ3v) is 12.8. The molecular formula is C48H40Br2N2O4. The number of fused-ring (bicyclic) bond motifs is 2. The molecule has 0 aromatic heterocycles. The fourth-order valence-electron chi connectivity index (χ4n) is 9.35. The van der Waals surface area contributed by atoms with Crippen LogP contribution in [0.15, 0.2) is 75.7 Å². The van der Waals surface area contributed by atoms with Crippen molar-refractivity contribution in [3.8, 4) is 11.1 Å². The highest BCUT2D eigenvalue weighted by molar-refractivity contribution is 9.10. The van der Waals surface area contributed by atoms with Crippen LogP contribution in [0, 0.1) is 0 Å². The fourth-order valence-corrected chi connectivity index (χ4v) is 10.3. The highest BCUT2D eigenvalue weighted by Gasteiger charge is 2.39. The maximum atomic E-state index is 14.9. The van der Waals surface area contributed by atoms with Crippen LogP contribution in [-0.2, 0) is 0 Å². The lowest BCUT2D eigenvalue weighted by Gasteiger charge is -2.33. The summed E-state index contributed by atoms with van der Waals surface area (Å²) in [5, 5.41) is 8.97. The topological polar surface area (TPSA) is 83.6 Å². The van der Waals surface area contributed by atoms with Gasteiger partial charge in [0, 0.05) is 36.4 Å². The first-order chi connectivity index (χ1) is 26.6. The van der Waals surface area contributed by atoms with E-state index in [1.165, 1.54) is 4.90 Å². The smallest absolute Gasteiger partial charge is 0.266 e. The molecule has 0 fully saturated rings. The second kappa shape index (κ2) is 12.8. The Balaban J connectivity index is 1.42. The lowest BCUT2D eigenvalue weighted by molar-refractivity contribution is 0.0840. The Bertz CT molecular complexity index is 2880. The number of hydrogen-bond donors (Lipinski definition) is 1. The van der Waals surface area contributed by atoms with Crippen molar-refractivity contribution < 1.29 is 19.2 Å². The Hall–Kier alpha value is -4.92. The summed E-state index contributed by atoms with van der Waals surface area (Å²) in [6.07, 6.45) is 0. The predicted octanol–water partition coefficient (Wildman–Crippen LogP) is 13.1. The molecule has 7 aromatic carbocycles. The van der Waals surface area contributed by atoms with E-state index in [1.807, 2.05) is 42.5 Å². The van der Waals surface area contributed by atoms with Crippen molar-refractivity contribution in [1.82, 2.24) is 5.32 Å². The van der Waals surface area contributed by atoms with Gasteiger partial charge in [-0.05, 0) is 138 Å². The predicted molar refractivity (Wildman–Crippen MR) is 234 cm³/mol. The van der Waals surface area contributed by atoms with E-state index >= 15 is 0 Å². The molecule has 7 aromatic rings. The second-order valence-electron chi connectivity index (χ2n) is 16.6. The third kappa shape index (κ3) is 5.04. The summed E-state index contributed by atoms with van der Waals surface area (Å²) in [5.74, 6) is -1.19. The Morgan fingerprint density at radius 1 is 0.446 bits per heavy atom. The van der Waals surface area contributed by atoms with Crippen LogP contribution in [0.25, 0.3) is 54.2 Å². The average Bonchev–Trinajstić information content (AvgIpc) is 3.14. The zero-order chi connectivity index (χ0) is 39.8. The lowest BCUT2D eigenvalue weighted by atomic mass is 9.77. The molecule has 0 atom stereocenters. The lowest BCUT2D eigenvalue weighted by Crippen LogP contribution is -2.41. The van der Waals surface area contributed by atoms with Crippen molar-refractivity contribution in [2.24, 2.45) is 0 Å². The van der Waals surface area contributed by atoms with E-state index in [-0.39, 0.29) is 35.5 Å². The van der Waals surface area contributed by atoms with Crippen LogP contribution < -0.4 is 10.2 Å². The number of carbonyl (C=O) groups excluding carboxylic acids is 4. The molecule has 6 nitrogen and oxygen atoms in total. The summed E-state index contributed by atoms with van der Waals surface area (Å²) < 4.78 is 1.87. The molecule has 2 aliphatic heterocycles. The largest absolute Gasteiger partial charge is 0.288 e. The van der Waals surface area contributed by atoms with Crippen LogP contribution in [-0.4, -0.2) is 23.6 Å². The van der Waals surface area contributed by atoms with Gasteiger partial charge in [0.15, 0.2) is 0 Å². The first kappa shape index (κ1) is 36.7. The van der Waals surface area contributed by atoms with Gasteiger partial charge in [0.25, 0.3) is 23.6 Å². The molecule has 0 saturated heterocycles. The maximum Gasteiger partial charge on any atom is 0.266 e. The summed E-state index contributed by atoms with van der Waals surface area (Å²) in [7, 11) is 0. The minimum absolute atomic E-state index is 0.0530. The number of anilines is 1. The van der Waals surface area contributed by atoms with Gasteiger partial charge < -0.3 is 0 Å². The maximum absolute atomic E-state index is 14.9. The zero-order valence-corrected chi connectivity index (χ0v) is 35.7. The SMILES string of the molecule is CC(C)c1cc(Br)cc(C(C)C)c1-c1cc2c3ccc4c5c(ccc(c6ccc7c(c1C(=O)NC7=O)c62)c53)C(=O)N(c1c(C(C)C)cc(Br)cc1C(C)C)C4=O. The van der Waals surface area contributed by atoms with Crippen LogP contribution in [0.3, 0.4) is 0 Å². The molecule has 1 N–H and O–H groups in total. The Morgan fingerprint density at radius 3 is 1.36 bits per heavy atom. The van der Waals surface area contributed by atoms with E-state index in [4.69, 9.17) is 0 Å². The molecule has 0 bridgehead atoms. The minimum atomic E-state index is -0.428. The number of imide groups is 2. The second-order valence-corrected chi connectivity index (χ2v) is 18.4. The molecule has 8 heteroatoms. The van der Waals surface area contributed by atoms with Gasteiger partial charge in [-0.15, -0.1) is 0 Å². The highest BCUT2D eigenvalue weighted by atomic mass is 79.9. The third-order valence-electron chi connectivity index (χ3n) is 11.9. The van der Waals surface area contributed by atoms with Gasteiger partial charge in [-0.2, -0.15) is 0 Å². The van der Waals surface area contributed by atoms with Crippen LogP contribution in [0.1, 0.15) is 143 Å². The van der Waals surface area contributed by atoms with E-state index in [0.29, 0.717) is 38.7 Å². The Morgan fingerprint density at radius 2 is 0.875 bits per heavy atom. The molecule has 280 valence electrons. The summed E-state index contributed by atoms with van der Waals surface area (Å²) in [6.45, 7) is 16.9. The van der Waals surface area contributed by atoms with Crippen LogP contribution in [0.4, 0.5) is 5.69 Å². The van der Waals surface area contributed by atoms with Crippen molar-refractivity contribution in [2.45, 2.75) is 79.1 Å². The molecule has 56 heavy (non-hydrogen) atoms. The number of halogens is 2.